The monoisotopic (exact) mass is 449 g/mol. The summed E-state index contributed by atoms with van der Waals surface area (Å²) < 4.78 is 0. The number of carbonyl (C=O) groups excluding carboxylic acids is 1. The van der Waals surface area contributed by atoms with Crippen LogP contribution in [-0.4, -0.2) is 54.0 Å². The first-order valence-corrected chi connectivity index (χ1v) is 11.5. The van der Waals surface area contributed by atoms with E-state index < -0.39 is 11.2 Å². The molecule has 1 unspecified atom stereocenters. The molecule has 2 aromatic heterocycles. The summed E-state index contributed by atoms with van der Waals surface area (Å²) in [7, 11) is 2.08. The minimum atomic E-state index is -0.795. The number of pyridine rings is 2. The average molecular weight is 450 g/mol. The van der Waals surface area contributed by atoms with Gasteiger partial charge in [0.2, 0.25) is 5.91 Å². The van der Waals surface area contributed by atoms with Crippen LogP contribution in [0.4, 0.5) is 5.82 Å². The molecule has 0 bridgehead atoms. The second-order valence-electron chi connectivity index (χ2n) is 7.85. The molecule has 0 aliphatic carbocycles. The number of hydrogen-bond acceptors (Lipinski definition) is 8. The number of likely N-dealkylation sites (N-methyl/N-ethyl adjacent to an activating group) is 1. The highest BCUT2D eigenvalue weighted by Crippen LogP contribution is 2.39. The predicted octanol–water partition coefficient (Wildman–Crippen LogP) is 2.55. The van der Waals surface area contributed by atoms with Crippen molar-refractivity contribution < 1.29 is 4.79 Å². The van der Waals surface area contributed by atoms with Gasteiger partial charge in [-0.05, 0) is 50.6 Å². The van der Waals surface area contributed by atoms with Gasteiger partial charge in [0.15, 0.2) is 0 Å². The smallest absolute Gasteiger partial charge is 0.237 e. The Morgan fingerprint density at radius 1 is 1.22 bits per heavy atom. The lowest BCUT2D eigenvalue weighted by Crippen LogP contribution is -2.30. The van der Waals surface area contributed by atoms with Crippen LogP contribution in [0.5, 0.6) is 0 Å². The molecule has 1 amide bonds. The molecule has 1 aliphatic rings. The molecule has 0 radical (unpaired) electrons. The number of hydrogen-bond donors (Lipinski definition) is 1. The zero-order valence-corrected chi connectivity index (χ0v) is 19.4. The molecule has 3 heterocycles. The second kappa shape index (κ2) is 10.4. The molecule has 1 saturated heterocycles. The van der Waals surface area contributed by atoms with Crippen LogP contribution in [-0.2, 0) is 11.2 Å². The van der Waals surface area contributed by atoms with E-state index in [0.29, 0.717) is 39.6 Å². The summed E-state index contributed by atoms with van der Waals surface area (Å²) in [5.41, 5.74) is 8.60. The van der Waals surface area contributed by atoms with Crippen LogP contribution in [0, 0.1) is 29.6 Å². The number of primary amides is 1. The van der Waals surface area contributed by atoms with Gasteiger partial charge in [0.25, 0.3) is 0 Å². The van der Waals surface area contributed by atoms with E-state index in [2.05, 4.69) is 34.0 Å². The van der Waals surface area contributed by atoms with Gasteiger partial charge in [-0.15, -0.1) is 0 Å². The number of rotatable bonds is 6. The number of anilines is 1. The summed E-state index contributed by atoms with van der Waals surface area (Å²) in [4.78, 5) is 25.8. The Morgan fingerprint density at radius 2 is 1.97 bits per heavy atom. The lowest BCUT2D eigenvalue weighted by atomic mass is 10.0. The fraction of sp³-hybridized carbons (Fsp3) is 0.435. The number of amides is 1. The lowest BCUT2D eigenvalue weighted by molar-refractivity contribution is -0.117. The van der Waals surface area contributed by atoms with Gasteiger partial charge < -0.3 is 15.5 Å². The summed E-state index contributed by atoms with van der Waals surface area (Å²) in [5.74, 6) is 0.0126. The van der Waals surface area contributed by atoms with E-state index >= 15 is 0 Å². The van der Waals surface area contributed by atoms with Crippen LogP contribution in [0.3, 0.4) is 0 Å². The number of carbonyl (C=O) groups is 1. The predicted molar refractivity (Wildman–Crippen MR) is 124 cm³/mol. The molecule has 1 atom stereocenters. The fourth-order valence-corrected chi connectivity index (χ4v) is 4.79. The highest BCUT2D eigenvalue weighted by atomic mass is 32.2. The van der Waals surface area contributed by atoms with Crippen molar-refractivity contribution in [2.24, 2.45) is 5.73 Å². The molecule has 0 spiro atoms. The Bertz CT molecular complexity index is 1070. The molecule has 32 heavy (non-hydrogen) atoms. The molecule has 166 valence electrons. The third-order valence-electron chi connectivity index (χ3n) is 5.54. The highest BCUT2D eigenvalue weighted by molar-refractivity contribution is 8.00. The number of aromatic nitrogens is 2. The van der Waals surface area contributed by atoms with Gasteiger partial charge in [-0.2, -0.15) is 10.5 Å². The normalized spacial score (nSPS) is 15.5. The van der Waals surface area contributed by atoms with Crippen LogP contribution in [0.2, 0.25) is 0 Å². The molecule has 1 fully saturated rings. The largest absolute Gasteiger partial charge is 0.368 e. The van der Waals surface area contributed by atoms with Crippen LogP contribution in [0.15, 0.2) is 23.4 Å². The van der Waals surface area contributed by atoms with Crippen LogP contribution in [0.1, 0.15) is 46.5 Å². The maximum atomic E-state index is 12.3. The van der Waals surface area contributed by atoms with Gasteiger partial charge in [-0.25, -0.2) is 4.98 Å². The standard InChI is InChI=1S/C23H27N7OS/c1-4-16-17(12-24)22(30-9-5-8-29(3)10-11-30)28-23(18(16)13-25)32-20(21(26)31)19-7-6-15(2)14-27-19/h6-7,14,20H,4-5,8-11H2,1-3H3,(H2,26,31). The minimum Gasteiger partial charge on any atom is -0.368 e. The first-order valence-electron chi connectivity index (χ1n) is 10.6. The Hall–Kier alpha value is -3.14. The zero-order valence-electron chi connectivity index (χ0n) is 18.6. The first kappa shape index (κ1) is 23.5. The van der Waals surface area contributed by atoms with E-state index in [1.54, 1.807) is 12.3 Å². The van der Waals surface area contributed by atoms with Crippen molar-refractivity contribution in [3.05, 3.63) is 46.3 Å². The molecule has 2 aromatic rings. The first-order chi connectivity index (χ1) is 15.4. The van der Waals surface area contributed by atoms with Crippen molar-refractivity contribution >= 4 is 23.5 Å². The Kier molecular flexibility index (Phi) is 7.68. The van der Waals surface area contributed by atoms with Gasteiger partial charge in [0.1, 0.15) is 28.2 Å². The Morgan fingerprint density at radius 3 is 2.56 bits per heavy atom. The van der Waals surface area contributed by atoms with Crippen molar-refractivity contribution in [3.63, 3.8) is 0 Å². The summed E-state index contributed by atoms with van der Waals surface area (Å²) >= 11 is 1.12. The molecule has 0 saturated carbocycles. The van der Waals surface area contributed by atoms with Gasteiger partial charge in [0, 0.05) is 25.8 Å². The fourth-order valence-electron chi connectivity index (χ4n) is 3.77. The third kappa shape index (κ3) is 5.01. The number of nitriles is 2. The van der Waals surface area contributed by atoms with Crippen molar-refractivity contribution in [1.82, 2.24) is 14.9 Å². The lowest BCUT2D eigenvalue weighted by Gasteiger charge is -2.25. The van der Waals surface area contributed by atoms with Crippen LogP contribution >= 0.6 is 11.8 Å². The van der Waals surface area contributed by atoms with E-state index in [0.717, 1.165) is 49.9 Å². The highest BCUT2D eigenvalue weighted by Gasteiger charge is 2.28. The summed E-state index contributed by atoms with van der Waals surface area (Å²) in [6.07, 6.45) is 3.14. The summed E-state index contributed by atoms with van der Waals surface area (Å²) in [6.45, 7) is 7.16. The third-order valence-corrected chi connectivity index (χ3v) is 6.76. The number of aryl methyl sites for hydroxylation is 1. The number of thioether (sulfide) groups is 1. The van der Waals surface area contributed by atoms with Gasteiger partial charge >= 0.3 is 0 Å². The Labute approximate surface area is 193 Å². The quantitative estimate of drug-likeness (QED) is 0.668. The Balaban J connectivity index is 2.11. The van der Waals surface area contributed by atoms with Crippen LogP contribution in [0.25, 0.3) is 0 Å². The van der Waals surface area contributed by atoms with Crippen molar-refractivity contribution in [3.8, 4) is 12.1 Å². The van der Waals surface area contributed by atoms with E-state index in [9.17, 15) is 15.3 Å². The van der Waals surface area contributed by atoms with E-state index in [1.165, 1.54) is 0 Å². The SMILES string of the molecule is CCc1c(C#N)c(SC(C(N)=O)c2ccc(C)cn2)nc(N2CCCN(C)CC2)c1C#N. The van der Waals surface area contributed by atoms with Gasteiger partial charge in [0.05, 0.1) is 16.8 Å². The molecule has 3 rings (SSSR count). The van der Waals surface area contributed by atoms with Crippen LogP contribution < -0.4 is 10.6 Å². The molecule has 8 nitrogen and oxygen atoms in total. The number of nitrogens with two attached hydrogens (primary N) is 1. The molecule has 0 aromatic carbocycles. The van der Waals surface area contributed by atoms with Crippen molar-refractivity contribution in [2.75, 3.05) is 38.1 Å². The van der Waals surface area contributed by atoms with E-state index in [4.69, 9.17) is 10.7 Å². The minimum absolute atomic E-state index is 0.322. The molecule has 2 N–H and O–H groups in total. The zero-order chi connectivity index (χ0) is 23.3. The summed E-state index contributed by atoms with van der Waals surface area (Å²) in [5, 5.41) is 19.5. The molecular formula is C23H27N7OS. The summed E-state index contributed by atoms with van der Waals surface area (Å²) in [6, 6.07) is 8.12. The molecule has 9 heteroatoms. The number of nitrogens with zero attached hydrogens (tertiary/aromatic N) is 6. The maximum Gasteiger partial charge on any atom is 0.237 e. The molecular weight excluding hydrogens is 422 g/mol. The average Bonchev–Trinajstić information content (AvgIpc) is 3.01. The van der Waals surface area contributed by atoms with Gasteiger partial charge in [-0.3, -0.25) is 9.78 Å². The van der Waals surface area contributed by atoms with Crippen molar-refractivity contribution in [1.29, 1.82) is 10.5 Å². The van der Waals surface area contributed by atoms with E-state index in [1.807, 2.05) is 19.9 Å². The topological polar surface area (TPSA) is 123 Å². The second-order valence-corrected chi connectivity index (χ2v) is 8.94. The van der Waals surface area contributed by atoms with E-state index in [-0.39, 0.29) is 0 Å². The van der Waals surface area contributed by atoms with Crippen molar-refractivity contribution in [2.45, 2.75) is 37.0 Å². The van der Waals surface area contributed by atoms with Gasteiger partial charge in [-0.1, -0.05) is 24.8 Å². The maximum absolute atomic E-state index is 12.3. The molecule has 1 aliphatic heterocycles.